The number of aliphatic hydroxyl groups is 1. The monoisotopic (exact) mass is 310 g/mol. The first-order valence-corrected chi connectivity index (χ1v) is 7.34. The first kappa shape index (κ1) is 18.3. The molecule has 6 nitrogen and oxygen atoms in total. The number of likely N-dealkylation sites (N-methyl/N-ethyl adjacent to an activating group) is 1. The van der Waals surface area contributed by atoms with Crippen LogP contribution < -0.4 is 5.32 Å². The molecule has 6 heteroatoms. The molecule has 0 aliphatic heterocycles. The van der Waals surface area contributed by atoms with Crippen molar-refractivity contribution in [3.63, 3.8) is 0 Å². The summed E-state index contributed by atoms with van der Waals surface area (Å²) >= 11 is 0. The summed E-state index contributed by atoms with van der Waals surface area (Å²) in [5.41, 5.74) is 0.127. The summed E-state index contributed by atoms with van der Waals surface area (Å²) in [7, 11) is 1.59. The SMILES string of the molecule is CCN(C[C@@H](O)c1cccc(O)c1)C(=O)NCC(C)(C)OC. The van der Waals surface area contributed by atoms with Crippen LogP contribution in [0.25, 0.3) is 0 Å². The van der Waals surface area contributed by atoms with Crippen LogP contribution in [-0.4, -0.2) is 53.5 Å². The maximum atomic E-state index is 12.2. The standard InChI is InChI=1S/C16H26N2O4/c1-5-18(15(21)17-11-16(2,3)22-4)10-14(20)12-7-6-8-13(19)9-12/h6-9,14,19-20H,5,10-11H2,1-4H3,(H,17,21)/t14-/m1/s1. The van der Waals surface area contributed by atoms with Gasteiger partial charge in [-0.05, 0) is 38.5 Å². The average Bonchev–Trinajstić information content (AvgIpc) is 2.50. The molecular formula is C16H26N2O4. The second-order valence-corrected chi connectivity index (χ2v) is 5.77. The van der Waals surface area contributed by atoms with E-state index in [-0.39, 0.29) is 18.3 Å². The molecule has 1 aromatic rings. The minimum Gasteiger partial charge on any atom is -0.508 e. The predicted octanol–water partition coefficient (Wildman–Crippen LogP) is 1.88. The number of phenolic OH excluding ortho intramolecular Hbond substituents is 1. The fourth-order valence-corrected chi connectivity index (χ4v) is 1.87. The molecule has 1 aromatic carbocycles. The average molecular weight is 310 g/mol. The Kier molecular flexibility index (Phi) is 6.64. The fourth-order valence-electron chi connectivity index (χ4n) is 1.87. The van der Waals surface area contributed by atoms with E-state index in [4.69, 9.17) is 4.74 Å². The summed E-state index contributed by atoms with van der Waals surface area (Å²) in [6.45, 7) is 6.60. The number of ether oxygens (including phenoxy) is 1. The van der Waals surface area contributed by atoms with Gasteiger partial charge in [0.15, 0.2) is 0 Å². The van der Waals surface area contributed by atoms with E-state index in [2.05, 4.69) is 5.32 Å². The smallest absolute Gasteiger partial charge is 0.317 e. The Bertz CT molecular complexity index is 491. The number of carbonyl (C=O) groups excluding carboxylic acids is 1. The Labute approximate surface area is 131 Å². The Morgan fingerprint density at radius 3 is 2.68 bits per heavy atom. The molecule has 0 fully saturated rings. The van der Waals surface area contributed by atoms with Crippen LogP contribution in [0.3, 0.4) is 0 Å². The largest absolute Gasteiger partial charge is 0.508 e. The van der Waals surface area contributed by atoms with E-state index in [1.54, 1.807) is 19.2 Å². The van der Waals surface area contributed by atoms with Crippen molar-refractivity contribution in [3.05, 3.63) is 29.8 Å². The van der Waals surface area contributed by atoms with Gasteiger partial charge < -0.3 is 25.2 Å². The second kappa shape index (κ2) is 8.00. The van der Waals surface area contributed by atoms with Gasteiger partial charge in [-0.1, -0.05) is 12.1 Å². The van der Waals surface area contributed by atoms with Crippen LogP contribution in [0.5, 0.6) is 5.75 Å². The number of nitrogens with one attached hydrogen (secondary N) is 1. The van der Waals surface area contributed by atoms with Crippen molar-refractivity contribution in [2.24, 2.45) is 0 Å². The van der Waals surface area contributed by atoms with Crippen molar-refractivity contribution < 1.29 is 19.7 Å². The zero-order valence-electron chi connectivity index (χ0n) is 13.7. The Hall–Kier alpha value is -1.79. The molecule has 2 amide bonds. The molecule has 0 unspecified atom stereocenters. The summed E-state index contributed by atoms with van der Waals surface area (Å²) in [5.74, 6) is 0.0888. The molecular weight excluding hydrogens is 284 g/mol. The fraction of sp³-hybridized carbons (Fsp3) is 0.562. The van der Waals surface area contributed by atoms with Crippen molar-refractivity contribution in [2.45, 2.75) is 32.5 Å². The van der Waals surface area contributed by atoms with Gasteiger partial charge in [0.25, 0.3) is 0 Å². The van der Waals surface area contributed by atoms with Crippen LogP contribution in [0.2, 0.25) is 0 Å². The third-order valence-corrected chi connectivity index (χ3v) is 3.54. The molecule has 22 heavy (non-hydrogen) atoms. The summed E-state index contributed by atoms with van der Waals surface area (Å²) in [6, 6.07) is 6.14. The molecule has 0 aliphatic rings. The molecule has 0 spiro atoms. The van der Waals surface area contributed by atoms with Gasteiger partial charge in [-0.3, -0.25) is 0 Å². The van der Waals surface area contributed by atoms with Gasteiger partial charge in [-0.2, -0.15) is 0 Å². The van der Waals surface area contributed by atoms with Gasteiger partial charge in [-0.25, -0.2) is 4.79 Å². The van der Waals surface area contributed by atoms with Crippen molar-refractivity contribution >= 4 is 6.03 Å². The number of phenols is 1. The number of amides is 2. The molecule has 0 aromatic heterocycles. The van der Waals surface area contributed by atoms with Gasteiger partial charge >= 0.3 is 6.03 Å². The van der Waals surface area contributed by atoms with Crippen LogP contribution in [-0.2, 0) is 4.74 Å². The van der Waals surface area contributed by atoms with E-state index in [1.807, 2.05) is 20.8 Å². The number of rotatable bonds is 7. The molecule has 0 radical (unpaired) electrons. The first-order chi connectivity index (χ1) is 10.3. The Morgan fingerprint density at radius 1 is 1.45 bits per heavy atom. The number of carbonyl (C=O) groups is 1. The molecule has 0 aliphatic carbocycles. The third-order valence-electron chi connectivity index (χ3n) is 3.54. The highest BCUT2D eigenvalue weighted by atomic mass is 16.5. The summed E-state index contributed by atoms with van der Waals surface area (Å²) in [5, 5.41) is 22.5. The molecule has 0 bridgehead atoms. The summed E-state index contributed by atoms with van der Waals surface area (Å²) in [6.07, 6.45) is -0.853. The van der Waals surface area contributed by atoms with E-state index >= 15 is 0 Å². The van der Waals surface area contributed by atoms with Crippen LogP contribution >= 0.6 is 0 Å². The number of hydrogen-bond acceptors (Lipinski definition) is 4. The normalized spacial score (nSPS) is 12.8. The highest BCUT2D eigenvalue weighted by Crippen LogP contribution is 2.19. The molecule has 1 atom stereocenters. The maximum Gasteiger partial charge on any atom is 0.317 e. The van der Waals surface area contributed by atoms with Gasteiger partial charge in [0.05, 0.1) is 18.2 Å². The lowest BCUT2D eigenvalue weighted by atomic mass is 10.1. The predicted molar refractivity (Wildman–Crippen MR) is 84.8 cm³/mol. The zero-order chi connectivity index (χ0) is 16.8. The molecule has 0 saturated carbocycles. The van der Waals surface area contributed by atoms with E-state index in [0.717, 1.165) is 0 Å². The van der Waals surface area contributed by atoms with Crippen LogP contribution in [0.4, 0.5) is 4.79 Å². The second-order valence-electron chi connectivity index (χ2n) is 5.77. The minimum atomic E-state index is -0.853. The number of aromatic hydroxyl groups is 1. The minimum absolute atomic E-state index is 0.0888. The van der Waals surface area contributed by atoms with Crippen molar-refractivity contribution in [3.8, 4) is 5.75 Å². The summed E-state index contributed by atoms with van der Waals surface area (Å²) in [4.78, 5) is 13.7. The van der Waals surface area contributed by atoms with Crippen molar-refractivity contribution in [2.75, 3.05) is 26.7 Å². The molecule has 1 rings (SSSR count). The van der Waals surface area contributed by atoms with Gasteiger partial charge in [-0.15, -0.1) is 0 Å². The van der Waals surface area contributed by atoms with E-state index < -0.39 is 11.7 Å². The molecule has 124 valence electrons. The zero-order valence-corrected chi connectivity index (χ0v) is 13.7. The number of urea groups is 1. The quantitative estimate of drug-likeness (QED) is 0.718. The Morgan fingerprint density at radius 2 is 2.14 bits per heavy atom. The van der Waals surface area contributed by atoms with E-state index in [9.17, 15) is 15.0 Å². The lowest BCUT2D eigenvalue weighted by Gasteiger charge is -2.28. The van der Waals surface area contributed by atoms with Crippen molar-refractivity contribution in [1.29, 1.82) is 0 Å². The lowest BCUT2D eigenvalue weighted by molar-refractivity contribution is 0.0238. The number of aliphatic hydroxyl groups excluding tert-OH is 1. The van der Waals surface area contributed by atoms with Gasteiger partial charge in [0, 0.05) is 20.2 Å². The maximum absolute atomic E-state index is 12.2. The van der Waals surface area contributed by atoms with E-state index in [0.29, 0.717) is 18.7 Å². The summed E-state index contributed by atoms with van der Waals surface area (Å²) < 4.78 is 5.25. The molecule has 0 heterocycles. The van der Waals surface area contributed by atoms with E-state index in [1.165, 1.54) is 17.0 Å². The Balaban J connectivity index is 2.62. The molecule has 0 saturated heterocycles. The lowest BCUT2D eigenvalue weighted by Crippen LogP contribution is -2.47. The van der Waals surface area contributed by atoms with Crippen LogP contribution in [0, 0.1) is 0 Å². The van der Waals surface area contributed by atoms with Crippen molar-refractivity contribution in [1.82, 2.24) is 10.2 Å². The third kappa shape index (κ3) is 5.54. The van der Waals surface area contributed by atoms with Crippen LogP contribution in [0.15, 0.2) is 24.3 Å². The number of methoxy groups -OCH3 is 1. The first-order valence-electron chi connectivity index (χ1n) is 7.34. The van der Waals surface area contributed by atoms with Gasteiger partial charge in [0.2, 0.25) is 0 Å². The van der Waals surface area contributed by atoms with Crippen LogP contribution in [0.1, 0.15) is 32.4 Å². The topological polar surface area (TPSA) is 82.0 Å². The number of benzene rings is 1. The highest BCUT2D eigenvalue weighted by Gasteiger charge is 2.21. The highest BCUT2D eigenvalue weighted by molar-refractivity contribution is 5.74. The number of nitrogens with zero attached hydrogens (tertiary/aromatic N) is 1. The number of hydrogen-bond donors (Lipinski definition) is 3. The van der Waals surface area contributed by atoms with Gasteiger partial charge in [0.1, 0.15) is 5.75 Å². The molecule has 3 N–H and O–H groups in total.